The molecule has 0 radical (unpaired) electrons. The molecule has 0 aromatic carbocycles. The molecule has 1 atom stereocenters. The fourth-order valence-corrected chi connectivity index (χ4v) is 3.94. The van der Waals surface area contributed by atoms with Crippen LogP contribution >= 0.6 is 11.6 Å². The van der Waals surface area contributed by atoms with Crippen molar-refractivity contribution in [1.29, 1.82) is 0 Å². The van der Waals surface area contributed by atoms with Crippen LogP contribution in [0.2, 0.25) is 5.02 Å². The van der Waals surface area contributed by atoms with Crippen molar-refractivity contribution in [3.05, 3.63) is 59.0 Å². The van der Waals surface area contributed by atoms with Crippen LogP contribution in [0.15, 0.2) is 37.1 Å². The highest BCUT2D eigenvalue weighted by atomic mass is 35.5. The van der Waals surface area contributed by atoms with Crippen molar-refractivity contribution in [1.82, 2.24) is 34.5 Å². The summed E-state index contributed by atoms with van der Waals surface area (Å²) in [5, 5.41) is 6.99. The number of nitrogens with zero attached hydrogens (tertiary/aromatic N) is 7. The van der Waals surface area contributed by atoms with Crippen molar-refractivity contribution in [2.45, 2.75) is 37.3 Å². The lowest BCUT2D eigenvalue weighted by Crippen LogP contribution is -2.36. The third-order valence-corrected chi connectivity index (χ3v) is 6.13. The highest BCUT2D eigenvalue weighted by molar-refractivity contribution is 6.30. The summed E-state index contributed by atoms with van der Waals surface area (Å²) in [4.78, 5) is 33.8. The number of hydrogen-bond acceptors (Lipinski definition) is 7. The Morgan fingerprint density at radius 1 is 1.08 bits per heavy atom. The predicted octanol–water partition coefficient (Wildman–Crippen LogP) is 4.02. The molecule has 1 aliphatic heterocycles. The van der Waals surface area contributed by atoms with Crippen molar-refractivity contribution in [3.63, 3.8) is 0 Å². The van der Waals surface area contributed by atoms with Crippen LogP contribution in [0.4, 0.5) is 27.8 Å². The molecule has 5 rings (SSSR count). The monoisotopic (exact) mass is 524 g/mol. The molecule has 36 heavy (non-hydrogen) atoms. The number of aromatic nitrogens is 7. The molecule has 0 spiro atoms. The maximum atomic E-state index is 13.5. The van der Waals surface area contributed by atoms with Crippen molar-refractivity contribution >= 4 is 29.0 Å². The number of halogens is 6. The van der Waals surface area contributed by atoms with E-state index in [0.29, 0.717) is 16.3 Å². The number of anilines is 1. The molecule has 1 amide bonds. The number of carbonyl (C=O) groups excluding carboxylic acids is 1. The third-order valence-electron chi connectivity index (χ3n) is 5.90. The summed E-state index contributed by atoms with van der Waals surface area (Å²) in [5.74, 6) is -5.15. The number of alkyl halides is 5. The van der Waals surface area contributed by atoms with Gasteiger partial charge in [-0.2, -0.15) is 27.1 Å². The summed E-state index contributed by atoms with van der Waals surface area (Å²) in [6, 6.07) is 3.20. The molecule has 15 heteroatoms. The van der Waals surface area contributed by atoms with Crippen molar-refractivity contribution in [3.8, 4) is 11.5 Å². The average molecular weight is 525 g/mol. The number of nitrogens with one attached hydrogen (secondary N) is 1. The maximum absolute atomic E-state index is 13.5. The van der Waals surface area contributed by atoms with Crippen LogP contribution in [0.3, 0.4) is 0 Å². The first-order valence-corrected chi connectivity index (χ1v) is 10.7. The van der Waals surface area contributed by atoms with Crippen molar-refractivity contribution in [2.75, 3.05) is 5.32 Å². The van der Waals surface area contributed by atoms with E-state index in [1.807, 2.05) is 0 Å². The first kappa shape index (κ1) is 23.9. The molecule has 4 aromatic heterocycles. The Morgan fingerprint density at radius 2 is 1.86 bits per heavy atom. The zero-order valence-electron chi connectivity index (χ0n) is 18.2. The summed E-state index contributed by atoms with van der Waals surface area (Å²) in [7, 11) is 0. The molecule has 0 aliphatic carbocycles. The Labute approximate surface area is 203 Å². The maximum Gasteiger partial charge on any atom is 0.453 e. The topological polar surface area (TPSA) is 111 Å². The van der Waals surface area contributed by atoms with E-state index in [9.17, 15) is 26.7 Å². The highest BCUT2D eigenvalue weighted by Gasteiger charge is 2.56. The zero-order chi connectivity index (χ0) is 25.9. The van der Waals surface area contributed by atoms with Crippen LogP contribution in [0.25, 0.3) is 17.2 Å². The second-order valence-electron chi connectivity index (χ2n) is 8.20. The lowest BCUT2D eigenvalue weighted by molar-refractivity contribution is -0.284. The van der Waals surface area contributed by atoms with Gasteiger partial charge in [-0.05, 0) is 25.5 Å². The minimum absolute atomic E-state index is 0.0106. The van der Waals surface area contributed by atoms with Gasteiger partial charge in [-0.15, -0.1) is 0 Å². The van der Waals surface area contributed by atoms with E-state index in [4.69, 9.17) is 11.6 Å². The Bertz CT molecular complexity index is 1490. The van der Waals surface area contributed by atoms with Crippen LogP contribution in [0.5, 0.6) is 0 Å². The van der Waals surface area contributed by atoms with Gasteiger partial charge in [0.1, 0.15) is 23.3 Å². The molecule has 1 aliphatic rings. The minimum atomic E-state index is -5.69. The van der Waals surface area contributed by atoms with Gasteiger partial charge in [0.05, 0.1) is 22.6 Å². The zero-order valence-corrected chi connectivity index (χ0v) is 18.9. The van der Waals surface area contributed by atoms with Crippen LogP contribution < -0.4 is 5.32 Å². The van der Waals surface area contributed by atoms with Gasteiger partial charge in [0.2, 0.25) is 5.91 Å². The van der Waals surface area contributed by atoms with Gasteiger partial charge in [0, 0.05) is 24.4 Å². The summed E-state index contributed by atoms with van der Waals surface area (Å²) >= 11 is 5.90. The smallest absolute Gasteiger partial charge is 0.309 e. The molecule has 0 fully saturated rings. The predicted molar refractivity (Wildman–Crippen MR) is 115 cm³/mol. The van der Waals surface area contributed by atoms with Crippen LogP contribution in [-0.4, -0.2) is 52.5 Å². The number of aryl methyl sites for hydroxylation is 1. The van der Waals surface area contributed by atoms with Gasteiger partial charge in [0.15, 0.2) is 11.5 Å². The van der Waals surface area contributed by atoms with Crippen LogP contribution in [0, 0.1) is 0 Å². The lowest BCUT2D eigenvalue weighted by Gasteiger charge is -2.21. The molecule has 0 bridgehead atoms. The quantitative estimate of drug-likeness (QED) is 0.393. The van der Waals surface area contributed by atoms with E-state index in [1.165, 1.54) is 23.1 Å². The Hall–Kier alpha value is -3.81. The molecule has 4 aromatic rings. The Kier molecular flexibility index (Phi) is 5.39. The van der Waals surface area contributed by atoms with Gasteiger partial charge in [-0.3, -0.25) is 9.78 Å². The summed E-state index contributed by atoms with van der Waals surface area (Å²) in [6.07, 6.45) is -2.68. The molecule has 1 N–H and O–H groups in total. The molecular weight excluding hydrogens is 511 g/mol. The summed E-state index contributed by atoms with van der Waals surface area (Å²) in [6.45, 7) is 1.64. The van der Waals surface area contributed by atoms with Crippen molar-refractivity contribution < 1.29 is 26.7 Å². The molecule has 5 heterocycles. The van der Waals surface area contributed by atoms with Crippen molar-refractivity contribution in [2.24, 2.45) is 0 Å². The average Bonchev–Trinajstić information content (AvgIpc) is 3.39. The van der Waals surface area contributed by atoms with Gasteiger partial charge in [-0.25, -0.2) is 24.5 Å². The van der Waals surface area contributed by atoms with E-state index in [0.717, 1.165) is 6.33 Å². The SMILES string of the molecule is CC1(c2ccc(Cl)cn2)C(=O)Nc2nc(-c3cn4ncnc4c(CCC(F)(F)C(F)(F)F)n3)ncc21. The second-order valence-corrected chi connectivity index (χ2v) is 8.64. The molecular formula is C21H14ClF5N8O. The fourth-order valence-electron chi connectivity index (χ4n) is 3.83. The molecule has 0 saturated carbocycles. The van der Waals surface area contributed by atoms with Crippen LogP contribution in [-0.2, 0) is 16.6 Å². The van der Waals surface area contributed by atoms with Gasteiger partial charge < -0.3 is 5.32 Å². The minimum Gasteiger partial charge on any atom is -0.309 e. The summed E-state index contributed by atoms with van der Waals surface area (Å²) < 4.78 is 66.1. The van der Waals surface area contributed by atoms with E-state index >= 15 is 0 Å². The first-order chi connectivity index (χ1) is 16.9. The number of fused-ring (bicyclic) bond motifs is 2. The molecule has 186 valence electrons. The Balaban J connectivity index is 1.52. The standard InChI is InChI=1S/C21H14ClF5N8O/c1-19(14-3-2-10(22)6-28-14)11-7-29-16(33-15(11)34-18(19)36)13-8-35-17(30-9-31-35)12(32-13)4-5-20(23,24)21(25,26)27/h2-3,6-9H,4-5H2,1H3,(H,29,33,34,36). The fraction of sp³-hybridized carbons (Fsp3) is 0.286. The number of hydrogen-bond donors (Lipinski definition) is 1. The van der Waals surface area contributed by atoms with Gasteiger partial charge in [0.25, 0.3) is 0 Å². The van der Waals surface area contributed by atoms with E-state index in [1.54, 1.807) is 19.1 Å². The largest absolute Gasteiger partial charge is 0.453 e. The van der Waals surface area contributed by atoms with E-state index in [2.05, 4.69) is 35.3 Å². The molecule has 0 saturated heterocycles. The molecule has 9 nitrogen and oxygen atoms in total. The number of rotatable bonds is 5. The molecule has 1 unspecified atom stereocenters. The number of amides is 1. The van der Waals surface area contributed by atoms with Gasteiger partial charge >= 0.3 is 12.1 Å². The summed E-state index contributed by atoms with van der Waals surface area (Å²) in [5.41, 5.74) is -0.457. The first-order valence-electron chi connectivity index (χ1n) is 10.4. The second kappa shape index (κ2) is 8.11. The van der Waals surface area contributed by atoms with E-state index < -0.39 is 36.3 Å². The Morgan fingerprint density at radius 3 is 2.56 bits per heavy atom. The normalized spacial score (nSPS) is 17.9. The lowest BCUT2D eigenvalue weighted by atomic mass is 9.81. The van der Waals surface area contributed by atoms with E-state index in [-0.39, 0.29) is 28.7 Å². The van der Waals surface area contributed by atoms with Crippen LogP contribution in [0.1, 0.15) is 30.3 Å². The number of carbonyl (C=O) groups is 1. The highest BCUT2D eigenvalue weighted by Crippen LogP contribution is 2.41. The number of pyridine rings is 1. The van der Waals surface area contributed by atoms with Gasteiger partial charge in [-0.1, -0.05) is 11.6 Å². The third kappa shape index (κ3) is 3.81.